The van der Waals surface area contributed by atoms with Gasteiger partial charge in [-0.1, -0.05) is 60.7 Å². The summed E-state index contributed by atoms with van der Waals surface area (Å²) in [5.41, 5.74) is 1.67. The van der Waals surface area contributed by atoms with E-state index in [1.807, 2.05) is 73.2 Å². The summed E-state index contributed by atoms with van der Waals surface area (Å²) in [6.45, 7) is 0.178. The average Bonchev–Trinajstić information content (AvgIpc) is 2.91. The highest BCUT2D eigenvalue weighted by atomic mass is 32.2. The van der Waals surface area contributed by atoms with E-state index in [0.717, 1.165) is 11.1 Å². The first kappa shape index (κ1) is 29.8. The van der Waals surface area contributed by atoms with Crippen molar-refractivity contribution in [3.05, 3.63) is 71.8 Å². The van der Waals surface area contributed by atoms with Crippen LogP contribution in [0.5, 0.6) is 0 Å². The number of rotatable bonds is 15. The Hall–Kier alpha value is -2.40. The first-order valence-corrected chi connectivity index (χ1v) is 14.5. The Balaban J connectivity index is 1.98. The Morgan fingerprint density at radius 2 is 1.08 bits per heavy atom. The van der Waals surface area contributed by atoms with Gasteiger partial charge in [0.1, 0.15) is 25.4 Å². The molecule has 0 radical (unpaired) electrons. The summed E-state index contributed by atoms with van der Waals surface area (Å²) >= 11 is 3.11. The van der Waals surface area contributed by atoms with Crippen LogP contribution in [0.3, 0.4) is 0 Å². The van der Waals surface area contributed by atoms with Crippen molar-refractivity contribution in [3.63, 3.8) is 0 Å². The number of amides is 2. The lowest BCUT2D eigenvalue weighted by molar-refractivity contribution is -0.0250. The van der Waals surface area contributed by atoms with Crippen LogP contribution in [0.4, 0.5) is 9.59 Å². The zero-order valence-electron chi connectivity index (χ0n) is 20.7. The standard InChI is InChI=1S/C26H36N2O6S2/c1-35-15-13-21(27-25(31)33-17-19-9-5-3-6-10-19)23(29)24(30)22(14-16-36-2)28-26(32)34-18-20-11-7-4-8-12-20/h3-12,21-24,29-30H,13-18H2,1-2H3,(H,27,31)(H,28,32)/t21-,22-,23+,24+/m0/s1. The Bertz CT molecular complexity index is 817. The molecular weight excluding hydrogens is 500 g/mol. The van der Waals surface area contributed by atoms with Gasteiger partial charge in [-0.25, -0.2) is 9.59 Å². The number of aliphatic hydroxyl groups excluding tert-OH is 2. The Morgan fingerprint density at radius 3 is 1.42 bits per heavy atom. The van der Waals surface area contributed by atoms with Gasteiger partial charge in [-0.05, 0) is 48.0 Å². The van der Waals surface area contributed by atoms with Crippen molar-refractivity contribution in [2.45, 2.75) is 50.3 Å². The molecule has 0 aliphatic carbocycles. The van der Waals surface area contributed by atoms with Crippen LogP contribution in [0.15, 0.2) is 60.7 Å². The monoisotopic (exact) mass is 536 g/mol. The van der Waals surface area contributed by atoms with E-state index in [1.54, 1.807) is 23.5 Å². The fraction of sp³-hybridized carbons (Fsp3) is 0.462. The maximum Gasteiger partial charge on any atom is 0.407 e. The molecule has 0 bridgehead atoms. The minimum atomic E-state index is -1.33. The molecule has 2 aromatic rings. The third-order valence-corrected chi connectivity index (χ3v) is 6.76. The van der Waals surface area contributed by atoms with Crippen molar-refractivity contribution in [3.8, 4) is 0 Å². The molecule has 4 N–H and O–H groups in total. The predicted molar refractivity (Wildman–Crippen MR) is 145 cm³/mol. The maximum absolute atomic E-state index is 12.4. The summed E-state index contributed by atoms with van der Waals surface area (Å²) in [6.07, 6.45) is 0.615. The average molecular weight is 537 g/mol. The molecule has 2 aromatic carbocycles. The largest absolute Gasteiger partial charge is 0.445 e. The highest BCUT2D eigenvalue weighted by molar-refractivity contribution is 7.98. The highest BCUT2D eigenvalue weighted by Gasteiger charge is 2.34. The van der Waals surface area contributed by atoms with E-state index in [4.69, 9.17) is 9.47 Å². The topological polar surface area (TPSA) is 117 Å². The van der Waals surface area contributed by atoms with Crippen LogP contribution < -0.4 is 10.6 Å². The molecule has 0 spiro atoms. The van der Waals surface area contributed by atoms with Gasteiger partial charge in [0.25, 0.3) is 0 Å². The van der Waals surface area contributed by atoms with Crippen LogP contribution in [0, 0.1) is 0 Å². The number of nitrogens with one attached hydrogen (secondary N) is 2. The third-order valence-electron chi connectivity index (χ3n) is 5.47. The number of carbonyl (C=O) groups excluding carboxylic acids is 2. The van der Waals surface area contributed by atoms with Crippen molar-refractivity contribution in [2.24, 2.45) is 0 Å². The van der Waals surface area contributed by atoms with Crippen molar-refractivity contribution >= 4 is 35.7 Å². The minimum Gasteiger partial charge on any atom is -0.445 e. The molecular formula is C26H36N2O6S2. The third kappa shape index (κ3) is 11.1. The zero-order chi connectivity index (χ0) is 26.2. The molecule has 0 heterocycles. The molecule has 10 heteroatoms. The summed E-state index contributed by atoms with van der Waals surface area (Å²) in [4.78, 5) is 24.9. The van der Waals surface area contributed by atoms with Gasteiger partial charge in [0.05, 0.1) is 12.1 Å². The highest BCUT2D eigenvalue weighted by Crippen LogP contribution is 2.15. The minimum absolute atomic E-state index is 0.0890. The second kappa shape index (κ2) is 17.1. The van der Waals surface area contributed by atoms with E-state index >= 15 is 0 Å². The molecule has 0 aliphatic heterocycles. The van der Waals surface area contributed by atoms with Crippen LogP contribution in [-0.4, -0.2) is 70.7 Å². The number of ether oxygens (including phenoxy) is 2. The van der Waals surface area contributed by atoms with Crippen LogP contribution in [-0.2, 0) is 22.7 Å². The van der Waals surface area contributed by atoms with E-state index in [-0.39, 0.29) is 13.2 Å². The zero-order valence-corrected chi connectivity index (χ0v) is 22.3. The summed E-state index contributed by atoms with van der Waals surface area (Å²) in [5, 5.41) is 27.4. The lowest BCUT2D eigenvalue weighted by Gasteiger charge is -2.32. The molecule has 0 unspecified atom stereocenters. The van der Waals surface area contributed by atoms with Gasteiger partial charge in [0.15, 0.2) is 0 Å². The van der Waals surface area contributed by atoms with Gasteiger partial charge in [0, 0.05) is 0 Å². The van der Waals surface area contributed by atoms with Gasteiger partial charge in [-0.3, -0.25) is 0 Å². The molecule has 0 aliphatic rings. The number of hydrogen-bond donors (Lipinski definition) is 4. The lowest BCUT2D eigenvalue weighted by Crippen LogP contribution is -2.56. The molecule has 0 saturated carbocycles. The fourth-order valence-electron chi connectivity index (χ4n) is 3.45. The number of alkyl carbamates (subject to hydrolysis) is 2. The molecule has 0 saturated heterocycles. The number of hydrogen-bond acceptors (Lipinski definition) is 8. The molecule has 2 rings (SSSR count). The van der Waals surface area contributed by atoms with Gasteiger partial charge < -0.3 is 30.3 Å². The molecule has 2 amide bonds. The second-order valence-electron chi connectivity index (χ2n) is 8.17. The number of thioether (sulfide) groups is 2. The van der Waals surface area contributed by atoms with E-state index in [2.05, 4.69) is 10.6 Å². The predicted octanol–water partition coefficient (Wildman–Crippen LogP) is 3.80. The van der Waals surface area contributed by atoms with E-state index < -0.39 is 36.5 Å². The van der Waals surface area contributed by atoms with E-state index in [0.29, 0.717) is 24.3 Å². The summed E-state index contributed by atoms with van der Waals surface area (Å²) in [7, 11) is 0. The normalized spacial score (nSPS) is 14.2. The first-order valence-electron chi connectivity index (χ1n) is 11.7. The SMILES string of the molecule is CSCC[C@H](NC(=O)OCc1ccccc1)[C@@H](O)[C@H](O)[C@H](CCSC)NC(=O)OCc1ccccc1. The van der Waals surface area contributed by atoms with Crippen molar-refractivity contribution in [1.29, 1.82) is 0 Å². The van der Waals surface area contributed by atoms with Gasteiger partial charge in [0.2, 0.25) is 0 Å². The summed E-state index contributed by atoms with van der Waals surface area (Å²) < 4.78 is 10.6. The second-order valence-corrected chi connectivity index (χ2v) is 10.1. The Morgan fingerprint density at radius 1 is 0.722 bits per heavy atom. The smallest absolute Gasteiger partial charge is 0.407 e. The Kier molecular flexibility index (Phi) is 14.2. The van der Waals surface area contributed by atoms with Gasteiger partial charge in [-0.15, -0.1) is 0 Å². The van der Waals surface area contributed by atoms with Crippen LogP contribution in [0.1, 0.15) is 24.0 Å². The van der Waals surface area contributed by atoms with Crippen LogP contribution in [0.25, 0.3) is 0 Å². The maximum atomic E-state index is 12.4. The summed E-state index contributed by atoms with van der Waals surface area (Å²) in [5.74, 6) is 1.30. The molecule has 0 aromatic heterocycles. The van der Waals surface area contributed by atoms with Crippen molar-refractivity contribution < 1.29 is 29.3 Å². The number of carbonyl (C=O) groups is 2. The Labute approximate surface area is 221 Å². The molecule has 36 heavy (non-hydrogen) atoms. The van der Waals surface area contributed by atoms with Crippen LogP contribution >= 0.6 is 23.5 Å². The quantitative estimate of drug-likeness (QED) is 0.272. The summed E-state index contributed by atoms with van der Waals surface area (Å²) in [6, 6.07) is 17.0. The van der Waals surface area contributed by atoms with Crippen molar-refractivity contribution in [1.82, 2.24) is 10.6 Å². The van der Waals surface area contributed by atoms with Crippen molar-refractivity contribution in [2.75, 3.05) is 24.0 Å². The van der Waals surface area contributed by atoms with Gasteiger partial charge >= 0.3 is 12.2 Å². The van der Waals surface area contributed by atoms with E-state index in [1.165, 1.54) is 0 Å². The number of benzene rings is 2. The first-order chi connectivity index (χ1) is 17.4. The van der Waals surface area contributed by atoms with Crippen LogP contribution in [0.2, 0.25) is 0 Å². The molecule has 198 valence electrons. The van der Waals surface area contributed by atoms with E-state index in [9.17, 15) is 19.8 Å². The lowest BCUT2D eigenvalue weighted by atomic mass is 9.96. The molecule has 8 nitrogen and oxygen atoms in total. The molecule has 4 atom stereocenters. The molecule has 0 fully saturated rings. The van der Waals surface area contributed by atoms with Gasteiger partial charge in [-0.2, -0.15) is 23.5 Å². The number of aliphatic hydroxyl groups is 2. The fourth-order valence-corrected chi connectivity index (χ4v) is 4.43.